The first kappa shape index (κ1) is 14.8. The van der Waals surface area contributed by atoms with E-state index < -0.39 is 11.9 Å². The van der Waals surface area contributed by atoms with E-state index in [0.717, 1.165) is 0 Å². The minimum absolute atomic E-state index is 0.217. The van der Waals surface area contributed by atoms with Crippen LogP contribution in [-0.4, -0.2) is 18.5 Å². The third-order valence-electron chi connectivity index (χ3n) is 2.00. The highest BCUT2D eigenvalue weighted by atomic mass is 16.7. The second-order valence-electron chi connectivity index (χ2n) is 4.15. The number of ether oxygens (including phenoxy) is 1. The molecule has 0 atom stereocenters. The number of carbonyl (C=O) groups is 2. The fourth-order valence-corrected chi connectivity index (χ4v) is 1.11. The van der Waals surface area contributed by atoms with E-state index in [1.54, 1.807) is 30.3 Å². The van der Waals surface area contributed by atoms with Gasteiger partial charge in [-0.1, -0.05) is 38.1 Å². The summed E-state index contributed by atoms with van der Waals surface area (Å²) in [4.78, 5) is 27.0. The largest absolute Gasteiger partial charge is 0.484 e. The molecule has 0 aromatic heterocycles. The van der Waals surface area contributed by atoms with Gasteiger partial charge in [0.05, 0.1) is 0 Å². The molecular formula is C14H17NO4. The van der Waals surface area contributed by atoms with Gasteiger partial charge in [-0.2, -0.15) is 5.48 Å². The summed E-state index contributed by atoms with van der Waals surface area (Å²) in [6.45, 7) is 3.64. The van der Waals surface area contributed by atoms with Gasteiger partial charge in [-0.3, -0.25) is 4.79 Å². The Balaban J connectivity index is 2.23. The van der Waals surface area contributed by atoms with Crippen LogP contribution in [0.3, 0.4) is 0 Å². The lowest BCUT2D eigenvalue weighted by atomic mass is 10.2. The van der Waals surface area contributed by atoms with E-state index in [2.05, 4.69) is 4.84 Å². The Kier molecular flexibility index (Phi) is 6.15. The van der Waals surface area contributed by atoms with Gasteiger partial charge in [0.1, 0.15) is 5.75 Å². The number of hydroxylamine groups is 1. The molecule has 1 N–H and O–H groups in total. The van der Waals surface area contributed by atoms with Gasteiger partial charge in [0, 0.05) is 6.08 Å². The fraction of sp³-hybridized carbons (Fsp3) is 0.286. The van der Waals surface area contributed by atoms with E-state index in [1.165, 1.54) is 6.08 Å². The third kappa shape index (κ3) is 6.88. The van der Waals surface area contributed by atoms with Crippen molar-refractivity contribution in [1.82, 2.24) is 5.48 Å². The second kappa shape index (κ2) is 7.92. The standard InChI is InChI=1S/C14H17NO4/c1-11(2)8-9-14(17)19-15-13(16)10-18-12-6-4-3-5-7-12/h3-9,11H,10H2,1-2H3,(H,15,16)/b9-8+. The molecule has 0 bridgehead atoms. The zero-order valence-electron chi connectivity index (χ0n) is 11.0. The molecule has 0 heterocycles. The van der Waals surface area contributed by atoms with E-state index >= 15 is 0 Å². The van der Waals surface area contributed by atoms with Crippen molar-refractivity contribution in [3.05, 3.63) is 42.5 Å². The maximum atomic E-state index is 11.3. The molecule has 19 heavy (non-hydrogen) atoms. The normalized spacial score (nSPS) is 10.5. The van der Waals surface area contributed by atoms with Gasteiger partial charge in [0.25, 0.3) is 5.91 Å². The van der Waals surface area contributed by atoms with Crippen LogP contribution in [0.1, 0.15) is 13.8 Å². The lowest BCUT2D eigenvalue weighted by Gasteiger charge is -2.06. The maximum absolute atomic E-state index is 11.3. The van der Waals surface area contributed by atoms with Crippen molar-refractivity contribution in [2.45, 2.75) is 13.8 Å². The average Bonchev–Trinajstić information content (AvgIpc) is 2.41. The number of nitrogens with one attached hydrogen (secondary N) is 1. The molecule has 1 rings (SSSR count). The maximum Gasteiger partial charge on any atom is 0.355 e. The molecule has 1 aromatic rings. The van der Waals surface area contributed by atoms with Crippen molar-refractivity contribution in [2.24, 2.45) is 5.92 Å². The summed E-state index contributed by atoms with van der Waals surface area (Å²) in [5.74, 6) is -0.342. The summed E-state index contributed by atoms with van der Waals surface area (Å²) >= 11 is 0. The molecule has 0 saturated carbocycles. The van der Waals surface area contributed by atoms with Gasteiger partial charge < -0.3 is 9.57 Å². The lowest BCUT2D eigenvalue weighted by Crippen LogP contribution is -2.30. The number of benzene rings is 1. The van der Waals surface area contributed by atoms with Crippen molar-refractivity contribution < 1.29 is 19.2 Å². The molecule has 0 aliphatic rings. The summed E-state index contributed by atoms with van der Waals surface area (Å²) < 4.78 is 5.18. The predicted molar refractivity (Wildman–Crippen MR) is 70.1 cm³/mol. The zero-order valence-corrected chi connectivity index (χ0v) is 11.0. The molecule has 102 valence electrons. The summed E-state index contributed by atoms with van der Waals surface area (Å²) in [6.07, 6.45) is 2.94. The molecule has 5 nitrogen and oxygen atoms in total. The van der Waals surface area contributed by atoms with Crippen molar-refractivity contribution in [2.75, 3.05) is 6.61 Å². The highest BCUT2D eigenvalue weighted by Crippen LogP contribution is 2.07. The van der Waals surface area contributed by atoms with Crippen molar-refractivity contribution in [3.8, 4) is 5.75 Å². The first-order chi connectivity index (χ1) is 9.08. The zero-order chi connectivity index (χ0) is 14.1. The van der Waals surface area contributed by atoms with Gasteiger partial charge in [-0.25, -0.2) is 4.79 Å². The van der Waals surface area contributed by atoms with Crippen LogP contribution in [-0.2, 0) is 14.4 Å². The van der Waals surface area contributed by atoms with Crippen molar-refractivity contribution in [3.63, 3.8) is 0 Å². The quantitative estimate of drug-likeness (QED) is 0.650. The Morgan fingerprint density at radius 2 is 1.95 bits per heavy atom. The van der Waals surface area contributed by atoms with Gasteiger partial charge in [-0.15, -0.1) is 0 Å². The van der Waals surface area contributed by atoms with Crippen LogP contribution in [0.5, 0.6) is 5.75 Å². The molecule has 0 radical (unpaired) electrons. The first-order valence-corrected chi connectivity index (χ1v) is 5.93. The summed E-state index contributed by atoms with van der Waals surface area (Å²) in [5.41, 5.74) is 2.01. The highest BCUT2D eigenvalue weighted by molar-refractivity contribution is 5.84. The van der Waals surface area contributed by atoms with Gasteiger partial charge >= 0.3 is 5.97 Å². The van der Waals surface area contributed by atoms with Crippen LogP contribution in [0.2, 0.25) is 0 Å². The second-order valence-corrected chi connectivity index (χ2v) is 4.15. The van der Waals surface area contributed by atoms with Gasteiger partial charge in [-0.05, 0) is 18.1 Å². The molecule has 1 aromatic carbocycles. The number of allylic oxidation sites excluding steroid dienone is 1. The Morgan fingerprint density at radius 1 is 1.26 bits per heavy atom. The van der Waals surface area contributed by atoms with Crippen molar-refractivity contribution >= 4 is 11.9 Å². The SMILES string of the molecule is CC(C)/C=C/C(=O)ONC(=O)COc1ccccc1. The Bertz CT molecular complexity index is 440. The van der Waals surface area contributed by atoms with E-state index in [1.807, 2.05) is 25.4 Å². The number of amides is 1. The molecule has 0 aliphatic carbocycles. The number of hydrogen-bond donors (Lipinski definition) is 1. The number of carbonyl (C=O) groups excluding carboxylic acids is 2. The van der Waals surface area contributed by atoms with Crippen LogP contribution in [0.15, 0.2) is 42.5 Å². The molecular weight excluding hydrogens is 246 g/mol. The Labute approximate surface area is 112 Å². The lowest BCUT2D eigenvalue weighted by molar-refractivity contribution is -0.154. The molecule has 0 unspecified atom stereocenters. The summed E-state index contributed by atoms with van der Waals surface area (Å²) in [7, 11) is 0. The van der Waals surface area contributed by atoms with E-state index in [9.17, 15) is 9.59 Å². The average molecular weight is 263 g/mol. The number of rotatable bonds is 5. The number of para-hydroxylation sites is 1. The minimum atomic E-state index is -0.623. The molecule has 0 fully saturated rings. The Hall–Kier alpha value is -2.30. The minimum Gasteiger partial charge on any atom is -0.484 e. The van der Waals surface area contributed by atoms with Crippen LogP contribution < -0.4 is 10.2 Å². The third-order valence-corrected chi connectivity index (χ3v) is 2.00. The van der Waals surface area contributed by atoms with E-state index in [4.69, 9.17) is 4.74 Å². The predicted octanol–water partition coefficient (Wildman–Crippen LogP) is 1.85. The van der Waals surface area contributed by atoms with Crippen LogP contribution >= 0.6 is 0 Å². The fourth-order valence-electron chi connectivity index (χ4n) is 1.11. The monoisotopic (exact) mass is 263 g/mol. The van der Waals surface area contributed by atoms with Gasteiger partial charge in [0.2, 0.25) is 0 Å². The van der Waals surface area contributed by atoms with E-state index in [-0.39, 0.29) is 12.5 Å². The molecule has 0 spiro atoms. The van der Waals surface area contributed by atoms with E-state index in [0.29, 0.717) is 5.75 Å². The van der Waals surface area contributed by atoms with Gasteiger partial charge in [0.15, 0.2) is 6.61 Å². The summed E-state index contributed by atoms with van der Waals surface area (Å²) in [5, 5.41) is 0. The molecule has 5 heteroatoms. The first-order valence-electron chi connectivity index (χ1n) is 5.93. The molecule has 0 saturated heterocycles. The highest BCUT2D eigenvalue weighted by Gasteiger charge is 2.05. The topological polar surface area (TPSA) is 64.6 Å². The van der Waals surface area contributed by atoms with Crippen LogP contribution in [0, 0.1) is 5.92 Å². The van der Waals surface area contributed by atoms with Crippen LogP contribution in [0.25, 0.3) is 0 Å². The van der Waals surface area contributed by atoms with Crippen molar-refractivity contribution in [1.29, 1.82) is 0 Å². The molecule has 1 amide bonds. The Morgan fingerprint density at radius 3 is 2.58 bits per heavy atom. The van der Waals surface area contributed by atoms with Crippen LogP contribution in [0.4, 0.5) is 0 Å². The number of hydrogen-bond acceptors (Lipinski definition) is 4. The summed E-state index contributed by atoms with van der Waals surface area (Å²) in [6, 6.07) is 8.89. The smallest absolute Gasteiger partial charge is 0.355 e. The molecule has 0 aliphatic heterocycles.